The Morgan fingerprint density at radius 3 is 2.63 bits per heavy atom. The zero-order chi connectivity index (χ0) is 13.5. The van der Waals surface area contributed by atoms with Gasteiger partial charge in [-0.15, -0.1) is 0 Å². The minimum Gasteiger partial charge on any atom is -0.303 e. The summed E-state index contributed by atoms with van der Waals surface area (Å²) < 4.78 is 2.22. The van der Waals surface area contributed by atoms with Gasteiger partial charge in [-0.05, 0) is 37.8 Å². The second-order valence-corrected chi connectivity index (χ2v) is 5.86. The summed E-state index contributed by atoms with van der Waals surface area (Å²) in [5.41, 5.74) is 1.40. The Balaban J connectivity index is 1.75. The average molecular weight is 263 g/mol. The van der Waals surface area contributed by atoms with Crippen LogP contribution in [0.4, 0.5) is 0 Å². The maximum Gasteiger partial charge on any atom is 0.0543 e. The predicted molar refractivity (Wildman–Crippen MR) is 80.5 cm³/mol. The molecule has 1 aliphatic rings. The molecular formula is C16H29N3. The number of unbranched alkanes of at least 4 members (excludes halogenated alkanes) is 2. The van der Waals surface area contributed by atoms with Crippen LogP contribution in [0.5, 0.6) is 0 Å². The number of aryl methyl sites for hydroxylation is 1. The largest absolute Gasteiger partial charge is 0.303 e. The Labute approximate surface area is 118 Å². The lowest BCUT2D eigenvalue weighted by Gasteiger charge is -2.32. The Bertz CT molecular complexity index is 351. The SMILES string of the molecule is CCCCCN1CCC(n2cc(CCC)cn2)CC1. The third-order valence-electron chi connectivity index (χ3n) is 4.20. The predicted octanol–water partition coefficient (Wildman–Crippen LogP) is 3.66. The van der Waals surface area contributed by atoms with Gasteiger partial charge in [-0.3, -0.25) is 4.68 Å². The summed E-state index contributed by atoms with van der Waals surface area (Å²) in [4.78, 5) is 2.63. The quantitative estimate of drug-likeness (QED) is 0.700. The average Bonchev–Trinajstić information content (AvgIpc) is 2.89. The van der Waals surface area contributed by atoms with Gasteiger partial charge in [-0.1, -0.05) is 33.1 Å². The van der Waals surface area contributed by atoms with Gasteiger partial charge in [-0.2, -0.15) is 5.10 Å². The lowest BCUT2D eigenvalue weighted by Crippen LogP contribution is -2.35. The van der Waals surface area contributed by atoms with Crippen LogP contribution in [0.3, 0.4) is 0 Å². The maximum absolute atomic E-state index is 4.56. The molecule has 0 saturated carbocycles. The van der Waals surface area contributed by atoms with Crippen LogP contribution in [0.15, 0.2) is 12.4 Å². The van der Waals surface area contributed by atoms with E-state index in [2.05, 4.69) is 40.9 Å². The molecule has 0 amide bonds. The van der Waals surface area contributed by atoms with E-state index < -0.39 is 0 Å². The molecule has 0 radical (unpaired) electrons. The van der Waals surface area contributed by atoms with Crippen molar-refractivity contribution in [1.29, 1.82) is 0 Å². The van der Waals surface area contributed by atoms with Gasteiger partial charge in [-0.25, -0.2) is 0 Å². The molecule has 108 valence electrons. The third kappa shape index (κ3) is 4.34. The van der Waals surface area contributed by atoms with E-state index in [1.54, 1.807) is 0 Å². The molecule has 3 nitrogen and oxygen atoms in total. The second kappa shape index (κ2) is 7.68. The summed E-state index contributed by atoms with van der Waals surface area (Å²) in [5.74, 6) is 0. The fraction of sp³-hybridized carbons (Fsp3) is 0.812. The number of nitrogens with zero attached hydrogens (tertiary/aromatic N) is 3. The van der Waals surface area contributed by atoms with E-state index in [-0.39, 0.29) is 0 Å². The van der Waals surface area contributed by atoms with Crippen LogP contribution in [-0.2, 0) is 6.42 Å². The second-order valence-electron chi connectivity index (χ2n) is 5.86. The van der Waals surface area contributed by atoms with E-state index in [0.717, 1.165) is 6.42 Å². The molecule has 0 unspecified atom stereocenters. The van der Waals surface area contributed by atoms with Gasteiger partial charge in [0, 0.05) is 19.3 Å². The van der Waals surface area contributed by atoms with Crippen molar-refractivity contribution < 1.29 is 0 Å². The van der Waals surface area contributed by atoms with E-state index in [1.165, 1.54) is 63.7 Å². The highest BCUT2D eigenvalue weighted by atomic mass is 15.3. The van der Waals surface area contributed by atoms with Crippen molar-refractivity contribution in [2.75, 3.05) is 19.6 Å². The summed E-state index contributed by atoms with van der Waals surface area (Å²) in [5, 5.41) is 4.56. The van der Waals surface area contributed by atoms with Crippen LogP contribution in [-0.4, -0.2) is 34.3 Å². The number of hydrogen-bond donors (Lipinski definition) is 0. The lowest BCUT2D eigenvalue weighted by atomic mass is 10.0. The van der Waals surface area contributed by atoms with Gasteiger partial charge in [0.2, 0.25) is 0 Å². The highest BCUT2D eigenvalue weighted by molar-refractivity contribution is 5.04. The molecule has 2 rings (SSSR count). The molecule has 1 saturated heterocycles. The molecule has 0 aromatic carbocycles. The van der Waals surface area contributed by atoms with Crippen molar-refractivity contribution in [1.82, 2.24) is 14.7 Å². The Morgan fingerprint density at radius 2 is 1.95 bits per heavy atom. The Morgan fingerprint density at radius 1 is 1.16 bits per heavy atom. The van der Waals surface area contributed by atoms with Gasteiger partial charge >= 0.3 is 0 Å². The molecule has 1 aromatic rings. The minimum absolute atomic E-state index is 0.632. The molecule has 19 heavy (non-hydrogen) atoms. The number of piperidine rings is 1. The first-order chi connectivity index (χ1) is 9.33. The van der Waals surface area contributed by atoms with Gasteiger partial charge < -0.3 is 4.90 Å². The standard InChI is InChI=1S/C16H29N3/c1-3-5-6-10-18-11-8-16(9-12-18)19-14-15(7-4-2)13-17-19/h13-14,16H,3-12H2,1-2H3. The fourth-order valence-corrected chi connectivity index (χ4v) is 2.99. The molecule has 1 aliphatic heterocycles. The summed E-state index contributed by atoms with van der Waals surface area (Å²) in [6.45, 7) is 8.29. The van der Waals surface area contributed by atoms with Crippen LogP contribution in [0.1, 0.15) is 64.0 Å². The van der Waals surface area contributed by atoms with E-state index in [4.69, 9.17) is 0 Å². The summed E-state index contributed by atoms with van der Waals surface area (Å²) in [7, 11) is 0. The number of hydrogen-bond acceptors (Lipinski definition) is 2. The van der Waals surface area contributed by atoms with Gasteiger partial charge in [0.15, 0.2) is 0 Å². The van der Waals surface area contributed by atoms with Crippen molar-refractivity contribution in [3.8, 4) is 0 Å². The number of rotatable bonds is 7. The topological polar surface area (TPSA) is 21.1 Å². The van der Waals surface area contributed by atoms with E-state index in [0.29, 0.717) is 6.04 Å². The Hall–Kier alpha value is -0.830. The van der Waals surface area contributed by atoms with E-state index >= 15 is 0 Å². The summed E-state index contributed by atoms with van der Waals surface area (Å²) >= 11 is 0. The van der Waals surface area contributed by atoms with Crippen LogP contribution >= 0.6 is 0 Å². The summed E-state index contributed by atoms with van der Waals surface area (Å²) in [6.07, 6.45) is 13.3. The molecule has 3 heteroatoms. The molecule has 0 atom stereocenters. The van der Waals surface area contributed by atoms with Crippen molar-refractivity contribution in [3.05, 3.63) is 18.0 Å². The highest BCUT2D eigenvalue weighted by Gasteiger charge is 2.20. The van der Waals surface area contributed by atoms with E-state index in [1.807, 2.05) is 0 Å². The van der Waals surface area contributed by atoms with Crippen LogP contribution in [0.25, 0.3) is 0 Å². The van der Waals surface area contributed by atoms with Crippen LogP contribution in [0.2, 0.25) is 0 Å². The number of aromatic nitrogens is 2. The summed E-state index contributed by atoms with van der Waals surface area (Å²) in [6, 6.07) is 0.632. The molecular weight excluding hydrogens is 234 g/mol. The van der Waals surface area contributed by atoms with Gasteiger partial charge in [0.1, 0.15) is 0 Å². The number of likely N-dealkylation sites (tertiary alicyclic amines) is 1. The molecule has 1 aromatic heterocycles. The molecule has 0 spiro atoms. The molecule has 1 fully saturated rings. The van der Waals surface area contributed by atoms with Gasteiger partial charge in [0.25, 0.3) is 0 Å². The Kier molecular flexibility index (Phi) is 5.90. The monoisotopic (exact) mass is 263 g/mol. The smallest absolute Gasteiger partial charge is 0.0543 e. The van der Waals surface area contributed by atoms with Gasteiger partial charge in [0.05, 0.1) is 12.2 Å². The zero-order valence-corrected chi connectivity index (χ0v) is 12.6. The first-order valence-electron chi connectivity index (χ1n) is 8.08. The van der Waals surface area contributed by atoms with Crippen molar-refractivity contribution in [3.63, 3.8) is 0 Å². The zero-order valence-electron chi connectivity index (χ0n) is 12.6. The molecule has 0 aliphatic carbocycles. The third-order valence-corrected chi connectivity index (χ3v) is 4.20. The molecule has 2 heterocycles. The van der Waals surface area contributed by atoms with Crippen LogP contribution < -0.4 is 0 Å². The van der Waals surface area contributed by atoms with Crippen molar-refractivity contribution >= 4 is 0 Å². The van der Waals surface area contributed by atoms with E-state index in [9.17, 15) is 0 Å². The van der Waals surface area contributed by atoms with Crippen LogP contribution in [0, 0.1) is 0 Å². The lowest BCUT2D eigenvalue weighted by molar-refractivity contribution is 0.177. The van der Waals surface area contributed by atoms with Crippen molar-refractivity contribution in [2.45, 2.75) is 64.8 Å². The first-order valence-corrected chi connectivity index (χ1v) is 8.08. The molecule has 0 bridgehead atoms. The fourth-order valence-electron chi connectivity index (χ4n) is 2.99. The molecule has 0 N–H and O–H groups in total. The highest BCUT2D eigenvalue weighted by Crippen LogP contribution is 2.22. The normalized spacial score (nSPS) is 18.0. The first kappa shape index (κ1) is 14.6. The van der Waals surface area contributed by atoms with Crippen molar-refractivity contribution in [2.24, 2.45) is 0 Å². The minimum atomic E-state index is 0.632. The maximum atomic E-state index is 4.56.